The van der Waals surface area contributed by atoms with Crippen molar-refractivity contribution in [3.8, 4) is 5.75 Å². The molecular formula is C19H31N3O2. The Hall–Kier alpha value is -1.59. The number of ether oxygens (including phenoxy) is 1. The summed E-state index contributed by atoms with van der Waals surface area (Å²) < 4.78 is 5.26. The molecule has 1 amide bonds. The number of hydrogen-bond acceptors (Lipinski definition) is 4. The van der Waals surface area contributed by atoms with Gasteiger partial charge in [-0.3, -0.25) is 9.69 Å². The number of rotatable bonds is 8. The predicted octanol–water partition coefficient (Wildman–Crippen LogP) is 2.19. The molecule has 134 valence electrons. The van der Waals surface area contributed by atoms with E-state index in [1.807, 2.05) is 26.1 Å². The van der Waals surface area contributed by atoms with Gasteiger partial charge in [0.15, 0.2) is 0 Å². The van der Waals surface area contributed by atoms with E-state index in [-0.39, 0.29) is 17.9 Å². The van der Waals surface area contributed by atoms with Gasteiger partial charge in [0.2, 0.25) is 5.91 Å². The van der Waals surface area contributed by atoms with Crippen LogP contribution in [-0.2, 0) is 4.79 Å². The molecule has 24 heavy (non-hydrogen) atoms. The Bertz CT molecular complexity index is 498. The molecule has 0 aromatic heterocycles. The van der Waals surface area contributed by atoms with Gasteiger partial charge in [-0.1, -0.05) is 25.5 Å². The fraction of sp³-hybridized carbons (Fsp3) is 0.632. The zero-order valence-corrected chi connectivity index (χ0v) is 15.2. The monoisotopic (exact) mass is 333 g/mol. The van der Waals surface area contributed by atoms with E-state index < -0.39 is 0 Å². The third kappa shape index (κ3) is 5.21. The van der Waals surface area contributed by atoms with E-state index in [1.165, 1.54) is 24.8 Å². The highest BCUT2D eigenvalue weighted by molar-refractivity contribution is 5.78. The Labute approximate surface area is 145 Å². The molecule has 0 radical (unpaired) electrons. The minimum Gasteiger partial charge on any atom is -0.497 e. The van der Waals surface area contributed by atoms with E-state index in [4.69, 9.17) is 4.74 Å². The van der Waals surface area contributed by atoms with Crippen molar-refractivity contribution in [2.45, 2.75) is 32.2 Å². The number of nitrogens with zero attached hydrogens (tertiary/aromatic N) is 1. The van der Waals surface area contributed by atoms with Crippen LogP contribution in [0.15, 0.2) is 24.3 Å². The lowest BCUT2D eigenvalue weighted by atomic mass is 10.0. The van der Waals surface area contributed by atoms with Crippen LogP contribution in [0, 0.1) is 5.92 Å². The van der Waals surface area contributed by atoms with Gasteiger partial charge in [-0.05, 0) is 50.7 Å². The van der Waals surface area contributed by atoms with E-state index in [2.05, 4.69) is 27.7 Å². The largest absolute Gasteiger partial charge is 0.497 e. The molecule has 0 saturated carbocycles. The van der Waals surface area contributed by atoms with Gasteiger partial charge in [-0.2, -0.15) is 0 Å². The molecular weight excluding hydrogens is 302 g/mol. The quantitative estimate of drug-likeness (QED) is 0.766. The highest BCUT2D eigenvalue weighted by Gasteiger charge is 2.23. The molecule has 1 aromatic carbocycles. The van der Waals surface area contributed by atoms with Crippen LogP contribution in [0.5, 0.6) is 5.75 Å². The van der Waals surface area contributed by atoms with Crippen molar-refractivity contribution in [1.29, 1.82) is 0 Å². The molecule has 1 saturated heterocycles. The molecule has 1 fully saturated rings. The van der Waals surface area contributed by atoms with Gasteiger partial charge < -0.3 is 15.4 Å². The highest BCUT2D eigenvalue weighted by atomic mass is 16.5. The summed E-state index contributed by atoms with van der Waals surface area (Å²) >= 11 is 0. The normalized spacial score (nSPS) is 18.0. The summed E-state index contributed by atoms with van der Waals surface area (Å²) in [6.45, 7) is 5.49. The summed E-state index contributed by atoms with van der Waals surface area (Å²) in [7, 11) is 3.55. The maximum absolute atomic E-state index is 12.3. The van der Waals surface area contributed by atoms with Gasteiger partial charge in [-0.15, -0.1) is 0 Å². The molecule has 2 N–H and O–H groups in total. The molecule has 1 aromatic rings. The molecule has 0 aliphatic carbocycles. The molecule has 2 rings (SSSR count). The molecule has 1 heterocycles. The third-order valence-electron chi connectivity index (χ3n) is 4.76. The Morgan fingerprint density at radius 3 is 2.42 bits per heavy atom. The number of nitrogens with one attached hydrogen (secondary N) is 2. The van der Waals surface area contributed by atoms with Crippen LogP contribution < -0.4 is 15.4 Å². The van der Waals surface area contributed by atoms with Crippen molar-refractivity contribution >= 4 is 5.91 Å². The average Bonchev–Trinajstić information content (AvgIpc) is 2.63. The topological polar surface area (TPSA) is 53.6 Å². The van der Waals surface area contributed by atoms with Crippen molar-refractivity contribution in [2.75, 3.05) is 40.3 Å². The smallest absolute Gasteiger partial charge is 0.224 e. The van der Waals surface area contributed by atoms with Crippen LogP contribution in [0.4, 0.5) is 0 Å². The summed E-state index contributed by atoms with van der Waals surface area (Å²) in [5.41, 5.74) is 1.24. The van der Waals surface area contributed by atoms with E-state index in [1.54, 1.807) is 7.11 Å². The Balaban J connectivity index is 2.05. The van der Waals surface area contributed by atoms with E-state index >= 15 is 0 Å². The van der Waals surface area contributed by atoms with Crippen molar-refractivity contribution in [3.63, 3.8) is 0 Å². The summed E-state index contributed by atoms with van der Waals surface area (Å²) in [6, 6.07) is 8.44. The van der Waals surface area contributed by atoms with Crippen LogP contribution in [-0.4, -0.2) is 51.1 Å². The van der Waals surface area contributed by atoms with Gasteiger partial charge in [0.1, 0.15) is 5.75 Å². The lowest BCUT2D eigenvalue weighted by Gasteiger charge is -2.35. The second-order valence-corrected chi connectivity index (χ2v) is 6.59. The number of amides is 1. The fourth-order valence-electron chi connectivity index (χ4n) is 3.28. The summed E-state index contributed by atoms with van der Waals surface area (Å²) in [4.78, 5) is 14.8. The highest BCUT2D eigenvalue weighted by Crippen LogP contribution is 2.25. The number of hydrogen-bond donors (Lipinski definition) is 2. The number of methoxy groups -OCH3 is 1. The van der Waals surface area contributed by atoms with Gasteiger partial charge >= 0.3 is 0 Å². The molecule has 1 aliphatic rings. The third-order valence-corrected chi connectivity index (χ3v) is 4.76. The maximum atomic E-state index is 12.3. The average molecular weight is 333 g/mol. The Morgan fingerprint density at radius 1 is 1.17 bits per heavy atom. The van der Waals surface area contributed by atoms with Crippen LogP contribution in [0.25, 0.3) is 0 Å². The summed E-state index contributed by atoms with van der Waals surface area (Å²) in [5.74, 6) is 0.954. The van der Waals surface area contributed by atoms with E-state index in [9.17, 15) is 4.79 Å². The lowest BCUT2D eigenvalue weighted by molar-refractivity contribution is -0.124. The van der Waals surface area contributed by atoms with Crippen molar-refractivity contribution in [1.82, 2.24) is 15.5 Å². The van der Waals surface area contributed by atoms with Crippen LogP contribution >= 0.6 is 0 Å². The van der Waals surface area contributed by atoms with Crippen LogP contribution in [0.2, 0.25) is 0 Å². The second-order valence-electron chi connectivity index (χ2n) is 6.59. The maximum Gasteiger partial charge on any atom is 0.224 e. The zero-order chi connectivity index (χ0) is 17.4. The van der Waals surface area contributed by atoms with Crippen molar-refractivity contribution in [3.05, 3.63) is 29.8 Å². The molecule has 5 nitrogen and oxygen atoms in total. The fourth-order valence-corrected chi connectivity index (χ4v) is 3.28. The number of piperidine rings is 1. The first-order valence-electron chi connectivity index (χ1n) is 8.96. The minimum atomic E-state index is -0.0205. The Morgan fingerprint density at radius 2 is 1.83 bits per heavy atom. The minimum absolute atomic E-state index is 0.0205. The van der Waals surface area contributed by atoms with Crippen LogP contribution in [0.1, 0.15) is 37.8 Å². The zero-order valence-electron chi connectivity index (χ0n) is 15.2. The lowest BCUT2D eigenvalue weighted by Crippen LogP contribution is -2.42. The SMILES string of the molecule is CNCC(C)C(=O)NCC(c1ccc(OC)cc1)N1CCCCC1. The first-order chi connectivity index (χ1) is 11.7. The van der Waals surface area contributed by atoms with Gasteiger partial charge in [0.25, 0.3) is 0 Å². The number of likely N-dealkylation sites (tertiary alicyclic amines) is 1. The molecule has 0 bridgehead atoms. The first kappa shape index (κ1) is 18.7. The van der Waals surface area contributed by atoms with Gasteiger partial charge in [0, 0.05) is 19.0 Å². The number of benzene rings is 1. The predicted molar refractivity (Wildman–Crippen MR) is 97.3 cm³/mol. The Kier molecular flexibility index (Phi) is 7.53. The summed E-state index contributed by atoms with van der Waals surface area (Å²) in [5, 5.41) is 6.20. The van der Waals surface area contributed by atoms with E-state index in [0.29, 0.717) is 13.1 Å². The second kappa shape index (κ2) is 9.64. The molecule has 0 spiro atoms. The van der Waals surface area contributed by atoms with E-state index in [0.717, 1.165) is 18.8 Å². The molecule has 1 aliphatic heterocycles. The van der Waals surface area contributed by atoms with Crippen molar-refractivity contribution in [2.24, 2.45) is 5.92 Å². The first-order valence-corrected chi connectivity index (χ1v) is 8.96. The summed E-state index contributed by atoms with van der Waals surface area (Å²) in [6.07, 6.45) is 3.77. The molecule has 2 atom stereocenters. The molecule has 2 unspecified atom stereocenters. The van der Waals surface area contributed by atoms with Gasteiger partial charge in [0.05, 0.1) is 13.2 Å². The number of carbonyl (C=O) groups excluding carboxylic acids is 1. The molecule has 5 heteroatoms. The van der Waals surface area contributed by atoms with Gasteiger partial charge in [-0.25, -0.2) is 0 Å². The van der Waals surface area contributed by atoms with Crippen LogP contribution in [0.3, 0.4) is 0 Å². The number of carbonyl (C=O) groups is 1. The van der Waals surface area contributed by atoms with Crippen molar-refractivity contribution < 1.29 is 9.53 Å². The standard InChI is InChI=1S/C19H31N3O2/c1-15(13-20-2)19(23)21-14-18(22-11-5-4-6-12-22)16-7-9-17(24-3)10-8-16/h7-10,15,18,20H,4-6,11-14H2,1-3H3,(H,21,23).